The number of fused-ring (bicyclic) bond motifs is 1. The lowest BCUT2D eigenvalue weighted by Crippen LogP contribution is -2.51. The summed E-state index contributed by atoms with van der Waals surface area (Å²) in [6, 6.07) is -0.0654. The molecule has 4 heterocycles. The summed E-state index contributed by atoms with van der Waals surface area (Å²) < 4.78 is 8.29. The van der Waals surface area contributed by atoms with Gasteiger partial charge in [0.2, 0.25) is 0 Å². The Morgan fingerprint density at radius 2 is 1.94 bits per heavy atom. The number of nitrogens with zero attached hydrogens (tertiary/aromatic N) is 5. The molecule has 0 aromatic carbocycles. The Balaban J connectivity index is 1.64. The van der Waals surface area contributed by atoms with Gasteiger partial charge in [0.15, 0.2) is 9.56 Å². The van der Waals surface area contributed by atoms with Crippen LogP contribution in [-0.2, 0) is 11.2 Å². The molecule has 1 unspecified atom stereocenters. The van der Waals surface area contributed by atoms with Gasteiger partial charge in [0.1, 0.15) is 16.8 Å². The molecule has 1 aliphatic rings. The largest absolute Gasteiger partial charge is 0.444 e. The first-order valence-electron chi connectivity index (χ1n) is 11.0. The summed E-state index contributed by atoms with van der Waals surface area (Å²) in [5.74, 6) is 0.554. The minimum Gasteiger partial charge on any atom is -0.444 e. The van der Waals surface area contributed by atoms with Crippen molar-refractivity contribution >= 4 is 44.4 Å². The molecule has 178 valence electrons. The van der Waals surface area contributed by atoms with Crippen molar-refractivity contribution in [3.63, 3.8) is 0 Å². The number of piperidine rings is 1. The van der Waals surface area contributed by atoms with Gasteiger partial charge in [-0.05, 0) is 70.3 Å². The Hall–Kier alpha value is -2.27. The number of carbonyl (C=O) groups excluding carboxylic acids is 1. The zero-order valence-electron chi connectivity index (χ0n) is 19.7. The first-order chi connectivity index (χ1) is 15.4. The van der Waals surface area contributed by atoms with Crippen LogP contribution >= 0.6 is 27.3 Å². The smallest absolute Gasteiger partial charge is 0.410 e. The van der Waals surface area contributed by atoms with E-state index in [9.17, 15) is 9.59 Å². The van der Waals surface area contributed by atoms with E-state index in [4.69, 9.17) is 14.8 Å². The first-order valence-corrected chi connectivity index (χ1v) is 12.7. The maximum atomic E-state index is 12.9. The number of hydrogen-bond donors (Lipinski definition) is 1. The van der Waals surface area contributed by atoms with Crippen LogP contribution in [0.5, 0.6) is 0 Å². The van der Waals surface area contributed by atoms with Gasteiger partial charge >= 0.3 is 6.09 Å². The Kier molecular flexibility index (Phi) is 6.38. The fourth-order valence-corrected chi connectivity index (χ4v) is 5.60. The van der Waals surface area contributed by atoms with Gasteiger partial charge in [0.25, 0.3) is 5.56 Å². The second-order valence-corrected chi connectivity index (χ2v) is 11.9. The number of rotatable bonds is 3. The van der Waals surface area contributed by atoms with Gasteiger partial charge in [-0.1, -0.05) is 0 Å². The molecular formula is C22H29BrN6O3S. The van der Waals surface area contributed by atoms with Crippen molar-refractivity contribution in [3.8, 4) is 0 Å². The molecule has 0 bridgehead atoms. The molecule has 3 aromatic heterocycles. The normalized spacial score (nSPS) is 21.5. The Morgan fingerprint density at radius 1 is 1.27 bits per heavy atom. The molecule has 0 saturated carbocycles. The molecule has 9 nitrogen and oxygen atoms in total. The number of carbonyl (C=O) groups is 1. The lowest BCUT2D eigenvalue weighted by Gasteiger charge is -2.42. The van der Waals surface area contributed by atoms with E-state index < -0.39 is 5.60 Å². The minimum atomic E-state index is -0.545. The molecule has 1 N–H and O–H groups in total. The second-order valence-electron chi connectivity index (χ2n) is 9.72. The van der Waals surface area contributed by atoms with Gasteiger partial charge < -0.3 is 14.6 Å². The fourth-order valence-electron chi connectivity index (χ4n) is 4.55. The topological polar surface area (TPSA) is 106 Å². The van der Waals surface area contributed by atoms with Crippen LogP contribution in [0.25, 0.3) is 11.0 Å². The van der Waals surface area contributed by atoms with Crippen molar-refractivity contribution in [2.24, 2.45) is 0 Å². The molecule has 3 aromatic rings. The van der Waals surface area contributed by atoms with E-state index in [1.54, 1.807) is 0 Å². The maximum Gasteiger partial charge on any atom is 0.410 e. The molecule has 0 aliphatic carbocycles. The van der Waals surface area contributed by atoms with E-state index in [2.05, 4.69) is 25.9 Å². The van der Waals surface area contributed by atoms with Crippen LogP contribution < -0.4 is 5.56 Å². The highest BCUT2D eigenvalue weighted by Gasteiger charge is 2.38. The van der Waals surface area contributed by atoms with Crippen LogP contribution in [-0.4, -0.2) is 53.4 Å². The SMILES string of the molecule is Cc1nn(C2C[C@@H](C)N(C(=O)OC(C)(C)C)[C@@H](C)C2)c2nc(Cc3csc(Br)n3)[nH]c(=O)c12. The van der Waals surface area contributed by atoms with Crippen LogP contribution in [0.2, 0.25) is 0 Å². The third-order valence-corrected chi connectivity index (χ3v) is 7.20. The molecule has 1 amide bonds. The zero-order chi connectivity index (χ0) is 24.1. The second kappa shape index (κ2) is 8.83. The predicted octanol–water partition coefficient (Wildman–Crippen LogP) is 4.59. The number of aryl methyl sites for hydroxylation is 1. The van der Waals surface area contributed by atoms with Crippen LogP contribution in [0.4, 0.5) is 4.79 Å². The third kappa shape index (κ3) is 4.98. The highest BCUT2D eigenvalue weighted by atomic mass is 79.9. The monoisotopic (exact) mass is 536 g/mol. The van der Waals surface area contributed by atoms with E-state index in [1.807, 2.05) is 56.5 Å². The molecule has 11 heteroatoms. The highest BCUT2D eigenvalue weighted by Crippen LogP contribution is 2.34. The molecule has 4 rings (SSSR count). The van der Waals surface area contributed by atoms with Crippen LogP contribution in [0.1, 0.15) is 70.7 Å². The summed E-state index contributed by atoms with van der Waals surface area (Å²) in [7, 11) is 0. The quantitative estimate of drug-likeness (QED) is 0.524. The van der Waals surface area contributed by atoms with Gasteiger partial charge in [-0.15, -0.1) is 11.3 Å². The van der Waals surface area contributed by atoms with Gasteiger partial charge in [-0.25, -0.2) is 19.4 Å². The number of halogens is 1. The number of aromatic nitrogens is 5. The molecule has 0 radical (unpaired) electrons. The van der Waals surface area contributed by atoms with Crippen molar-refractivity contribution in [2.75, 3.05) is 0 Å². The molecule has 3 atom stereocenters. The number of ether oxygens (including phenoxy) is 1. The standard InChI is InChI=1S/C22H29BrN6O3S/c1-11-7-15(8-12(2)28(11)21(31)32-22(4,5)6)29-18-17(13(3)27-29)19(30)26-16(25-18)9-14-10-33-20(23)24-14/h10-12,15H,7-9H2,1-6H3,(H,25,26,30)/t11-,12+,15?. The van der Waals surface area contributed by atoms with Crippen LogP contribution in [0, 0.1) is 6.92 Å². The van der Waals surface area contributed by atoms with Gasteiger partial charge in [-0.3, -0.25) is 4.79 Å². The number of H-pyrrole nitrogens is 1. The number of likely N-dealkylation sites (tertiary alicyclic amines) is 1. The molecule has 1 aliphatic heterocycles. The van der Waals surface area contributed by atoms with E-state index in [-0.39, 0.29) is 29.8 Å². The van der Waals surface area contributed by atoms with Crippen molar-refractivity contribution in [1.82, 2.24) is 29.6 Å². The maximum absolute atomic E-state index is 12.9. The van der Waals surface area contributed by atoms with Crippen molar-refractivity contribution in [3.05, 3.63) is 36.9 Å². The summed E-state index contributed by atoms with van der Waals surface area (Å²) >= 11 is 4.87. The minimum absolute atomic E-state index is 0.0143. The molecule has 33 heavy (non-hydrogen) atoms. The van der Waals surface area contributed by atoms with Gasteiger partial charge in [-0.2, -0.15) is 5.10 Å². The Bertz CT molecular complexity index is 1230. The Morgan fingerprint density at radius 3 is 2.52 bits per heavy atom. The molecule has 1 fully saturated rings. The highest BCUT2D eigenvalue weighted by molar-refractivity contribution is 9.11. The number of hydrogen-bond acceptors (Lipinski definition) is 7. The van der Waals surface area contributed by atoms with Gasteiger partial charge in [0, 0.05) is 23.9 Å². The molecule has 0 spiro atoms. The first kappa shape index (κ1) is 23.9. The summed E-state index contributed by atoms with van der Waals surface area (Å²) in [5.41, 5.74) is 1.33. The lowest BCUT2D eigenvalue weighted by atomic mass is 9.93. The van der Waals surface area contributed by atoms with E-state index >= 15 is 0 Å². The number of amides is 1. The third-order valence-electron chi connectivity index (χ3n) is 5.78. The fraction of sp³-hybridized carbons (Fsp3) is 0.591. The van der Waals surface area contributed by atoms with E-state index in [0.29, 0.717) is 41.8 Å². The summed E-state index contributed by atoms with van der Waals surface area (Å²) in [6.45, 7) is 11.5. The summed E-state index contributed by atoms with van der Waals surface area (Å²) in [4.78, 5) is 39.5. The number of thiazole rings is 1. The molecular weight excluding hydrogens is 508 g/mol. The van der Waals surface area contributed by atoms with Crippen LogP contribution in [0.15, 0.2) is 14.1 Å². The predicted molar refractivity (Wildman–Crippen MR) is 131 cm³/mol. The van der Waals surface area contributed by atoms with E-state index in [1.165, 1.54) is 11.3 Å². The summed E-state index contributed by atoms with van der Waals surface area (Å²) in [6.07, 6.45) is 1.53. The molecule has 1 saturated heterocycles. The zero-order valence-corrected chi connectivity index (χ0v) is 22.1. The Labute approximate surface area is 204 Å². The van der Waals surface area contributed by atoms with Crippen molar-refractivity contribution < 1.29 is 9.53 Å². The number of nitrogens with one attached hydrogen (secondary N) is 1. The van der Waals surface area contributed by atoms with E-state index in [0.717, 1.165) is 9.61 Å². The van der Waals surface area contributed by atoms with Crippen LogP contribution in [0.3, 0.4) is 0 Å². The van der Waals surface area contributed by atoms with Crippen molar-refractivity contribution in [2.45, 2.75) is 84.5 Å². The number of aromatic amines is 1. The average molecular weight is 537 g/mol. The lowest BCUT2D eigenvalue weighted by molar-refractivity contribution is -0.00667. The van der Waals surface area contributed by atoms with Crippen molar-refractivity contribution in [1.29, 1.82) is 0 Å². The average Bonchev–Trinajstić information content (AvgIpc) is 3.22. The van der Waals surface area contributed by atoms with Gasteiger partial charge in [0.05, 0.1) is 17.4 Å². The summed E-state index contributed by atoms with van der Waals surface area (Å²) in [5, 5.41) is 7.15.